The Kier molecular flexibility index (Phi) is 3.70. The second-order valence-corrected chi connectivity index (χ2v) is 5.98. The molecule has 4 heteroatoms. The minimum Gasteiger partial charge on any atom is -0.468 e. The second-order valence-electron chi connectivity index (χ2n) is 5.98. The zero-order chi connectivity index (χ0) is 14.1. The highest BCUT2D eigenvalue weighted by Crippen LogP contribution is 2.57. The Labute approximate surface area is 114 Å². The van der Waals surface area contributed by atoms with Gasteiger partial charge in [-0.2, -0.15) is 0 Å². The predicted octanol–water partition coefficient (Wildman–Crippen LogP) is 2.48. The molecule has 2 aliphatic rings. The minimum atomic E-state index is -1.12. The molecule has 1 fully saturated rings. The van der Waals surface area contributed by atoms with E-state index in [1.165, 1.54) is 14.2 Å². The first-order chi connectivity index (χ1) is 8.98. The molecule has 4 nitrogen and oxygen atoms in total. The van der Waals surface area contributed by atoms with Crippen LogP contribution in [-0.2, 0) is 19.1 Å². The summed E-state index contributed by atoms with van der Waals surface area (Å²) in [5.41, 5.74) is -1.23. The lowest BCUT2D eigenvalue weighted by Gasteiger charge is -2.27. The van der Waals surface area contributed by atoms with Crippen LogP contribution in [0.2, 0.25) is 0 Å². The van der Waals surface area contributed by atoms with Gasteiger partial charge in [-0.1, -0.05) is 19.1 Å². The van der Waals surface area contributed by atoms with Gasteiger partial charge in [-0.05, 0) is 43.4 Å². The number of rotatable bonds is 2. The number of fused-ring (bicyclic) bond motifs is 1. The summed E-state index contributed by atoms with van der Waals surface area (Å²) in [7, 11) is 2.67. The lowest BCUT2D eigenvalue weighted by Crippen LogP contribution is -2.39. The van der Waals surface area contributed by atoms with Crippen LogP contribution in [-0.4, -0.2) is 26.2 Å². The van der Waals surface area contributed by atoms with Gasteiger partial charge in [0.15, 0.2) is 5.41 Å². The molecule has 1 saturated carbocycles. The number of hydrogen-bond donors (Lipinski definition) is 0. The minimum absolute atomic E-state index is 0.112. The van der Waals surface area contributed by atoms with Crippen LogP contribution >= 0.6 is 0 Å². The zero-order valence-corrected chi connectivity index (χ0v) is 11.9. The fraction of sp³-hybridized carbons (Fsp3) is 0.733. The van der Waals surface area contributed by atoms with E-state index in [0.29, 0.717) is 18.8 Å². The van der Waals surface area contributed by atoms with Crippen molar-refractivity contribution in [2.45, 2.75) is 39.0 Å². The SMILES string of the molecule is COC(=O)C1(C(=O)OC)C[C@@H]2CCCC=C[C@]2(C)C1. The van der Waals surface area contributed by atoms with Crippen molar-refractivity contribution >= 4 is 11.9 Å². The molecule has 0 radical (unpaired) electrons. The molecule has 0 saturated heterocycles. The van der Waals surface area contributed by atoms with Crippen molar-refractivity contribution in [3.8, 4) is 0 Å². The molecule has 0 aromatic carbocycles. The summed E-state index contributed by atoms with van der Waals surface area (Å²) in [6.07, 6.45) is 8.60. The van der Waals surface area contributed by atoms with Gasteiger partial charge in [0.1, 0.15) is 0 Å². The third-order valence-electron chi connectivity index (χ3n) is 4.78. The fourth-order valence-corrected chi connectivity index (χ4v) is 3.77. The van der Waals surface area contributed by atoms with Crippen molar-refractivity contribution in [3.63, 3.8) is 0 Å². The van der Waals surface area contributed by atoms with Crippen LogP contribution in [0.25, 0.3) is 0 Å². The maximum Gasteiger partial charge on any atom is 0.323 e. The number of ether oxygens (including phenoxy) is 2. The van der Waals surface area contributed by atoms with Crippen LogP contribution in [0.4, 0.5) is 0 Å². The first-order valence-electron chi connectivity index (χ1n) is 6.83. The molecule has 0 spiro atoms. The van der Waals surface area contributed by atoms with Crippen molar-refractivity contribution < 1.29 is 19.1 Å². The van der Waals surface area contributed by atoms with Crippen molar-refractivity contribution in [2.24, 2.45) is 16.7 Å². The maximum absolute atomic E-state index is 12.2. The van der Waals surface area contributed by atoms with Crippen LogP contribution in [0.5, 0.6) is 0 Å². The Morgan fingerprint density at radius 1 is 1.21 bits per heavy atom. The quantitative estimate of drug-likeness (QED) is 0.438. The average molecular weight is 266 g/mol. The van der Waals surface area contributed by atoms with Crippen molar-refractivity contribution in [1.29, 1.82) is 0 Å². The summed E-state index contributed by atoms with van der Waals surface area (Å²) >= 11 is 0. The van der Waals surface area contributed by atoms with Gasteiger partial charge >= 0.3 is 11.9 Å². The molecule has 0 bridgehead atoms. The molecule has 0 aromatic heterocycles. The largest absolute Gasteiger partial charge is 0.468 e. The molecule has 19 heavy (non-hydrogen) atoms. The van der Waals surface area contributed by atoms with Gasteiger partial charge in [0.2, 0.25) is 0 Å². The smallest absolute Gasteiger partial charge is 0.323 e. The standard InChI is InChI=1S/C15H22O4/c1-14-8-6-4-5-7-11(14)9-15(10-14,12(16)18-2)13(17)19-3/h6,8,11H,4-5,7,9-10H2,1-3H3/t11-,14+/m0/s1. The van der Waals surface area contributed by atoms with Crippen LogP contribution in [0.15, 0.2) is 12.2 Å². The van der Waals surface area contributed by atoms with Gasteiger partial charge in [0.25, 0.3) is 0 Å². The summed E-state index contributed by atoms with van der Waals surface area (Å²) in [5, 5.41) is 0. The molecule has 2 aliphatic carbocycles. The molecule has 0 N–H and O–H groups in total. The van der Waals surface area contributed by atoms with Crippen LogP contribution in [0, 0.1) is 16.7 Å². The van der Waals surface area contributed by atoms with Gasteiger partial charge in [-0.3, -0.25) is 9.59 Å². The van der Waals surface area contributed by atoms with Gasteiger partial charge in [-0.15, -0.1) is 0 Å². The summed E-state index contributed by atoms with van der Waals surface area (Å²) in [4.78, 5) is 24.3. The first-order valence-corrected chi connectivity index (χ1v) is 6.83. The number of methoxy groups -OCH3 is 2. The molecular formula is C15H22O4. The fourth-order valence-electron chi connectivity index (χ4n) is 3.77. The number of allylic oxidation sites excluding steroid dienone is 2. The second kappa shape index (κ2) is 4.99. The van der Waals surface area contributed by atoms with Crippen molar-refractivity contribution in [3.05, 3.63) is 12.2 Å². The Bertz CT molecular complexity index is 396. The molecule has 106 valence electrons. The third kappa shape index (κ3) is 2.17. The molecule has 2 rings (SSSR count). The van der Waals surface area contributed by atoms with E-state index in [4.69, 9.17) is 9.47 Å². The van der Waals surface area contributed by atoms with E-state index < -0.39 is 17.4 Å². The Morgan fingerprint density at radius 3 is 2.42 bits per heavy atom. The van der Waals surface area contributed by atoms with Crippen LogP contribution < -0.4 is 0 Å². The van der Waals surface area contributed by atoms with Gasteiger partial charge in [-0.25, -0.2) is 0 Å². The van der Waals surface area contributed by atoms with E-state index in [9.17, 15) is 9.59 Å². The Hall–Kier alpha value is -1.32. The summed E-state index contributed by atoms with van der Waals surface area (Å²) in [6.45, 7) is 2.13. The molecule has 0 aromatic rings. The molecule has 0 amide bonds. The van der Waals surface area contributed by atoms with Crippen molar-refractivity contribution in [2.75, 3.05) is 14.2 Å². The molecule has 0 unspecified atom stereocenters. The highest BCUT2D eigenvalue weighted by molar-refractivity contribution is 6.00. The lowest BCUT2D eigenvalue weighted by molar-refractivity contribution is -0.169. The molecule has 0 aliphatic heterocycles. The van der Waals surface area contributed by atoms with E-state index in [0.717, 1.165) is 19.3 Å². The van der Waals surface area contributed by atoms with Gasteiger partial charge < -0.3 is 9.47 Å². The Balaban J connectivity index is 2.38. The molecular weight excluding hydrogens is 244 g/mol. The van der Waals surface area contributed by atoms with E-state index >= 15 is 0 Å². The van der Waals surface area contributed by atoms with E-state index in [-0.39, 0.29) is 5.41 Å². The predicted molar refractivity (Wildman–Crippen MR) is 70.3 cm³/mol. The topological polar surface area (TPSA) is 52.6 Å². The van der Waals surface area contributed by atoms with Gasteiger partial charge in [0, 0.05) is 0 Å². The van der Waals surface area contributed by atoms with Crippen LogP contribution in [0.3, 0.4) is 0 Å². The maximum atomic E-state index is 12.2. The van der Waals surface area contributed by atoms with Crippen molar-refractivity contribution in [1.82, 2.24) is 0 Å². The van der Waals surface area contributed by atoms with Crippen LogP contribution in [0.1, 0.15) is 39.0 Å². The van der Waals surface area contributed by atoms with E-state index in [2.05, 4.69) is 19.1 Å². The highest BCUT2D eigenvalue weighted by atomic mass is 16.5. The number of carbonyl (C=O) groups is 2. The summed E-state index contributed by atoms with van der Waals surface area (Å²) in [6, 6.07) is 0. The molecule has 0 heterocycles. The normalized spacial score (nSPS) is 32.3. The third-order valence-corrected chi connectivity index (χ3v) is 4.78. The van der Waals surface area contributed by atoms with Gasteiger partial charge in [0.05, 0.1) is 14.2 Å². The zero-order valence-electron chi connectivity index (χ0n) is 11.9. The summed E-state index contributed by atoms with van der Waals surface area (Å²) in [5.74, 6) is -0.575. The van der Waals surface area contributed by atoms with E-state index in [1.54, 1.807) is 0 Å². The number of carbonyl (C=O) groups excluding carboxylic acids is 2. The first kappa shape index (κ1) is 14.1. The highest BCUT2D eigenvalue weighted by Gasteiger charge is 2.60. The Morgan fingerprint density at radius 2 is 1.84 bits per heavy atom. The number of hydrogen-bond acceptors (Lipinski definition) is 4. The number of esters is 2. The molecule has 2 atom stereocenters. The monoisotopic (exact) mass is 266 g/mol. The average Bonchev–Trinajstić information content (AvgIpc) is 2.60. The lowest BCUT2D eigenvalue weighted by atomic mass is 9.77. The summed E-state index contributed by atoms with van der Waals surface area (Å²) < 4.78 is 9.76. The van der Waals surface area contributed by atoms with E-state index in [1.807, 2.05) is 0 Å².